The lowest BCUT2D eigenvalue weighted by molar-refractivity contribution is 0.316. The molecule has 0 unspecified atom stereocenters. The van der Waals surface area contributed by atoms with Gasteiger partial charge in [-0.1, -0.05) is 23.2 Å². The molecule has 142 valence electrons. The number of H-pyrrole nitrogens is 1. The second kappa shape index (κ2) is 7.31. The molecule has 2 aromatic heterocycles. The molecular formula is C18H17Cl2N3O3S. The summed E-state index contributed by atoms with van der Waals surface area (Å²) in [4.78, 5) is 0.125. The van der Waals surface area contributed by atoms with Gasteiger partial charge in [-0.2, -0.15) is 9.40 Å². The molecule has 1 aromatic carbocycles. The first kappa shape index (κ1) is 18.6. The number of aromatic amines is 1. The van der Waals surface area contributed by atoms with Crippen molar-refractivity contribution in [3.8, 4) is 11.5 Å². The van der Waals surface area contributed by atoms with Crippen LogP contribution in [-0.2, 0) is 10.0 Å². The van der Waals surface area contributed by atoms with E-state index in [-0.39, 0.29) is 10.8 Å². The molecule has 0 bridgehead atoms. The minimum absolute atomic E-state index is 0.125. The maximum absolute atomic E-state index is 12.9. The van der Waals surface area contributed by atoms with Crippen LogP contribution in [0.2, 0.25) is 10.0 Å². The predicted molar refractivity (Wildman–Crippen MR) is 103 cm³/mol. The van der Waals surface area contributed by atoms with Gasteiger partial charge in [0.1, 0.15) is 5.69 Å². The molecule has 3 heterocycles. The number of piperidine rings is 1. The van der Waals surface area contributed by atoms with Gasteiger partial charge in [0.2, 0.25) is 10.0 Å². The third-order valence-electron chi connectivity index (χ3n) is 4.74. The van der Waals surface area contributed by atoms with Crippen molar-refractivity contribution in [3.63, 3.8) is 0 Å². The van der Waals surface area contributed by atoms with Gasteiger partial charge < -0.3 is 4.42 Å². The Bertz CT molecular complexity index is 1020. The fourth-order valence-corrected chi connectivity index (χ4v) is 5.53. The largest absolute Gasteiger partial charge is 0.463 e. The Labute approximate surface area is 167 Å². The number of furan rings is 1. The summed E-state index contributed by atoms with van der Waals surface area (Å²) < 4.78 is 32.6. The van der Waals surface area contributed by atoms with Crippen molar-refractivity contribution in [2.24, 2.45) is 0 Å². The molecule has 0 spiro atoms. The van der Waals surface area contributed by atoms with Crippen molar-refractivity contribution < 1.29 is 12.8 Å². The molecule has 4 rings (SSSR count). The molecule has 6 nitrogen and oxygen atoms in total. The highest BCUT2D eigenvalue weighted by Crippen LogP contribution is 2.32. The van der Waals surface area contributed by atoms with Gasteiger partial charge in [-0.3, -0.25) is 5.10 Å². The van der Waals surface area contributed by atoms with Crippen molar-refractivity contribution in [2.45, 2.75) is 23.7 Å². The summed E-state index contributed by atoms with van der Waals surface area (Å²) in [7, 11) is -3.62. The zero-order valence-corrected chi connectivity index (χ0v) is 16.6. The number of halogens is 2. The van der Waals surface area contributed by atoms with Crippen molar-refractivity contribution in [1.82, 2.24) is 14.5 Å². The lowest BCUT2D eigenvalue weighted by atomic mass is 9.94. The molecular weight excluding hydrogens is 409 g/mol. The molecule has 1 aliphatic rings. The zero-order chi connectivity index (χ0) is 19.0. The van der Waals surface area contributed by atoms with Crippen molar-refractivity contribution in [3.05, 3.63) is 58.4 Å². The fourth-order valence-electron chi connectivity index (χ4n) is 3.33. The maximum atomic E-state index is 12.9. The maximum Gasteiger partial charge on any atom is 0.243 e. The number of benzene rings is 1. The van der Waals surface area contributed by atoms with Gasteiger partial charge in [-0.15, -0.1) is 0 Å². The Balaban J connectivity index is 1.47. The Morgan fingerprint density at radius 1 is 1.11 bits per heavy atom. The van der Waals surface area contributed by atoms with Gasteiger partial charge in [0, 0.05) is 34.7 Å². The molecule has 0 saturated carbocycles. The summed E-state index contributed by atoms with van der Waals surface area (Å²) in [5, 5.41) is 7.95. The highest BCUT2D eigenvalue weighted by molar-refractivity contribution is 7.89. The first-order valence-corrected chi connectivity index (χ1v) is 10.7. The van der Waals surface area contributed by atoms with Crippen LogP contribution in [-0.4, -0.2) is 36.0 Å². The monoisotopic (exact) mass is 425 g/mol. The van der Waals surface area contributed by atoms with Crippen LogP contribution in [0.15, 0.2) is 52.0 Å². The van der Waals surface area contributed by atoms with Crippen LogP contribution < -0.4 is 0 Å². The minimum atomic E-state index is -3.62. The zero-order valence-electron chi connectivity index (χ0n) is 14.2. The van der Waals surface area contributed by atoms with E-state index in [2.05, 4.69) is 10.2 Å². The van der Waals surface area contributed by atoms with Crippen LogP contribution in [0.25, 0.3) is 11.5 Å². The second-order valence-corrected chi connectivity index (χ2v) is 9.28. The second-order valence-electron chi connectivity index (χ2n) is 6.47. The van der Waals surface area contributed by atoms with E-state index in [0.29, 0.717) is 41.7 Å². The van der Waals surface area contributed by atoms with E-state index in [1.807, 2.05) is 18.2 Å². The first-order valence-electron chi connectivity index (χ1n) is 8.49. The summed E-state index contributed by atoms with van der Waals surface area (Å²) in [5.74, 6) is 0.922. The van der Waals surface area contributed by atoms with E-state index in [9.17, 15) is 8.42 Å². The van der Waals surface area contributed by atoms with E-state index >= 15 is 0 Å². The number of sulfonamides is 1. The summed E-state index contributed by atoms with van der Waals surface area (Å²) >= 11 is 11.9. The third-order valence-corrected chi connectivity index (χ3v) is 7.05. The quantitative estimate of drug-likeness (QED) is 0.664. The molecule has 1 saturated heterocycles. The van der Waals surface area contributed by atoms with E-state index in [0.717, 1.165) is 11.4 Å². The molecule has 0 aliphatic carbocycles. The molecule has 9 heteroatoms. The molecule has 0 atom stereocenters. The van der Waals surface area contributed by atoms with Crippen molar-refractivity contribution >= 4 is 33.2 Å². The van der Waals surface area contributed by atoms with Gasteiger partial charge in [0.05, 0.1) is 11.2 Å². The average Bonchev–Trinajstić information content (AvgIpc) is 3.32. The predicted octanol–water partition coefficient (Wildman–Crippen LogP) is 4.54. The standard InChI is InChI=1S/C18H17Cl2N3O3S/c19-13-8-14(20)10-15(9-13)27(24,25)23-5-3-12(4-6-23)16-11-17(22-21-16)18-2-1-7-26-18/h1-2,7-12H,3-6H2,(H,21,22). The van der Waals surface area contributed by atoms with E-state index in [1.165, 1.54) is 22.5 Å². The smallest absolute Gasteiger partial charge is 0.243 e. The Kier molecular flexibility index (Phi) is 5.03. The minimum Gasteiger partial charge on any atom is -0.463 e. The number of hydrogen-bond donors (Lipinski definition) is 1. The SMILES string of the molecule is O=S(=O)(c1cc(Cl)cc(Cl)c1)N1CCC(c2cc(-c3ccco3)n[nH]2)CC1. The number of nitrogens with one attached hydrogen (secondary N) is 1. The summed E-state index contributed by atoms with van der Waals surface area (Å²) in [6, 6.07) is 10.0. The Morgan fingerprint density at radius 3 is 2.44 bits per heavy atom. The molecule has 1 N–H and O–H groups in total. The van der Waals surface area contributed by atoms with Gasteiger partial charge in [-0.05, 0) is 49.2 Å². The molecule has 0 radical (unpaired) electrons. The van der Waals surface area contributed by atoms with Gasteiger partial charge in [0.25, 0.3) is 0 Å². The number of rotatable bonds is 4. The van der Waals surface area contributed by atoms with Gasteiger partial charge >= 0.3 is 0 Å². The first-order chi connectivity index (χ1) is 12.9. The summed E-state index contributed by atoms with van der Waals surface area (Å²) in [6.07, 6.45) is 3.01. The van der Waals surface area contributed by atoms with Gasteiger partial charge in [0.15, 0.2) is 5.76 Å². The highest BCUT2D eigenvalue weighted by Gasteiger charge is 2.31. The molecule has 3 aromatic rings. The van der Waals surface area contributed by atoms with Crippen LogP contribution in [0.3, 0.4) is 0 Å². The van der Waals surface area contributed by atoms with Crippen molar-refractivity contribution in [1.29, 1.82) is 0 Å². The van der Waals surface area contributed by atoms with Gasteiger partial charge in [-0.25, -0.2) is 8.42 Å². The molecule has 1 fully saturated rings. The van der Waals surface area contributed by atoms with Crippen LogP contribution in [0.1, 0.15) is 24.5 Å². The van der Waals surface area contributed by atoms with Crippen LogP contribution in [0.5, 0.6) is 0 Å². The lowest BCUT2D eigenvalue weighted by Gasteiger charge is -2.30. The third kappa shape index (κ3) is 3.78. The lowest BCUT2D eigenvalue weighted by Crippen LogP contribution is -2.38. The van der Waals surface area contributed by atoms with Crippen molar-refractivity contribution in [2.75, 3.05) is 13.1 Å². The van der Waals surface area contributed by atoms with E-state index < -0.39 is 10.0 Å². The number of nitrogens with zero attached hydrogens (tertiary/aromatic N) is 2. The average molecular weight is 426 g/mol. The molecule has 1 aliphatic heterocycles. The van der Waals surface area contributed by atoms with E-state index in [1.54, 1.807) is 6.26 Å². The topological polar surface area (TPSA) is 79.2 Å². The Hall–Kier alpha value is -1.80. The Morgan fingerprint density at radius 2 is 1.81 bits per heavy atom. The summed E-state index contributed by atoms with van der Waals surface area (Å²) in [6.45, 7) is 0.846. The van der Waals surface area contributed by atoms with Crippen LogP contribution in [0.4, 0.5) is 0 Å². The number of hydrogen-bond acceptors (Lipinski definition) is 4. The summed E-state index contributed by atoms with van der Waals surface area (Å²) in [5.41, 5.74) is 1.74. The highest BCUT2D eigenvalue weighted by atomic mass is 35.5. The molecule has 27 heavy (non-hydrogen) atoms. The van der Waals surface area contributed by atoms with E-state index in [4.69, 9.17) is 27.6 Å². The normalized spacial score (nSPS) is 16.7. The van der Waals surface area contributed by atoms with Crippen LogP contribution >= 0.6 is 23.2 Å². The van der Waals surface area contributed by atoms with Crippen LogP contribution in [0, 0.1) is 0 Å². The fraction of sp³-hybridized carbons (Fsp3) is 0.278. The molecule has 0 amide bonds. The number of aromatic nitrogens is 2.